The third-order valence-electron chi connectivity index (χ3n) is 4.57. The van der Waals surface area contributed by atoms with E-state index in [2.05, 4.69) is 28.1 Å². The number of aromatic nitrogens is 1. The van der Waals surface area contributed by atoms with Gasteiger partial charge in [0.15, 0.2) is 0 Å². The van der Waals surface area contributed by atoms with Crippen LogP contribution < -0.4 is 0 Å². The molecular weight excluding hydrogens is 288 g/mol. The molecule has 0 saturated carbocycles. The first-order valence-corrected chi connectivity index (χ1v) is 8.50. The molecule has 1 saturated heterocycles. The molecule has 0 radical (unpaired) electrons. The van der Waals surface area contributed by atoms with Crippen LogP contribution in [0.1, 0.15) is 38.2 Å². The summed E-state index contributed by atoms with van der Waals surface area (Å²) in [5.41, 5.74) is 2.32. The molecule has 1 aromatic carbocycles. The van der Waals surface area contributed by atoms with Gasteiger partial charge in [0.1, 0.15) is 0 Å². The molecule has 4 heteroatoms. The van der Waals surface area contributed by atoms with Gasteiger partial charge in [0.25, 0.3) is 0 Å². The first-order chi connectivity index (χ1) is 11.3. The Bertz CT molecular complexity index is 666. The fraction of sp³-hybridized carbons (Fsp3) is 0.474. The van der Waals surface area contributed by atoms with Gasteiger partial charge in [-0.25, -0.2) is 0 Å². The van der Waals surface area contributed by atoms with Crippen molar-refractivity contribution < 1.29 is 9.53 Å². The molecule has 1 fully saturated rings. The van der Waals surface area contributed by atoms with Crippen molar-refractivity contribution in [2.75, 3.05) is 13.2 Å². The molecule has 0 spiro atoms. The Labute approximate surface area is 137 Å². The minimum absolute atomic E-state index is 0.0796. The number of rotatable bonds is 5. The zero-order chi connectivity index (χ0) is 16.1. The van der Waals surface area contributed by atoms with Crippen LogP contribution in [0.3, 0.4) is 0 Å². The van der Waals surface area contributed by atoms with E-state index in [1.165, 1.54) is 23.8 Å². The van der Waals surface area contributed by atoms with Crippen molar-refractivity contribution in [3.8, 4) is 0 Å². The molecule has 1 aliphatic rings. The van der Waals surface area contributed by atoms with E-state index in [1.807, 2.05) is 25.3 Å². The number of carbonyl (C=O) groups is 1. The quantitative estimate of drug-likeness (QED) is 0.792. The summed E-state index contributed by atoms with van der Waals surface area (Å²) in [5.74, 6) is -0.0796. The molecule has 3 rings (SSSR count). The van der Waals surface area contributed by atoms with Crippen LogP contribution in [0, 0.1) is 0 Å². The van der Waals surface area contributed by atoms with E-state index in [-0.39, 0.29) is 12.0 Å². The number of piperidine rings is 1. The normalized spacial score (nSPS) is 18.9. The van der Waals surface area contributed by atoms with Crippen molar-refractivity contribution in [2.24, 2.45) is 0 Å². The third kappa shape index (κ3) is 3.88. The largest absolute Gasteiger partial charge is 0.466 e. The van der Waals surface area contributed by atoms with Crippen LogP contribution in [0.4, 0.5) is 0 Å². The first-order valence-electron chi connectivity index (χ1n) is 8.50. The van der Waals surface area contributed by atoms with Crippen LogP contribution in [0.5, 0.6) is 0 Å². The Kier molecular flexibility index (Phi) is 5.23. The molecule has 23 heavy (non-hydrogen) atoms. The number of para-hydroxylation sites is 1. The number of likely N-dealkylation sites (tertiary alicyclic amines) is 1. The fourth-order valence-electron chi connectivity index (χ4n) is 3.42. The number of hydrogen-bond donors (Lipinski definition) is 0. The Morgan fingerprint density at radius 3 is 3.04 bits per heavy atom. The van der Waals surface area contributed by atoms with Gasteiger partial charge >= 0.3 is 5.97 Å². The van der Waals surface area contributed by atoms with Crippen molar-refractivity contribution in [2.45, 2.75) is 45.2 Å². The van der Waals surface area contributed by atoms with Gasteiger partial charge in [-0.15, -0.1) is 0 Å². The SMILES string of the molecule is CCOC(=O)CC1CCCCN1Cc1ccnc2ccccc12. The number of hydrogen-bond acceptors (Lipinski definition) is 4. The van der Waals surface area contributed by atoms with Gasteiger partial charge in [-0.2, -0.15) is 0 Å². The summed E-state index contributed by atoms with van der Waals surface area (Å²) in [7, 11) is 0. The lowest BCUT2D eigenvalue weighted by Gasteiger charge is -2.35. The standard InChI is InChI=1S/C19H24N2O2/c1-2-23-19(22)13-16-7-5-6-12-21(16)14-15-10-11-20-18-9-4-3-8-17(15)18/h3-4,8-11,16H,2,5-7,12-14H2,1H3. The number of nitrogens with zero attached hydrogens (tertiary/aromatic N) is 2. The lowest BCUT2D eigenvalue weighted by atomic mass is 9.98. The highest BCUT2D eigenvalue weighted by Crippen LogP contribution is 2.25. The van der Waals surface area contributed by atoms with Gasteiger partial charge in [-0.3, -0.25) is 14.7 Å². The molecule has 1 unspecified atom stereocenters. The van der Waals surface area contributed by atoms with E-state index in [9.17, 15) is 4.79 Å². The fourth-order valence-corrected chi connectivity index (χ4v) is 3.42. The van der Waals surface area contributed by atoms with Crippen molar-refractivity contribution in [1.29, 1.82) is 0 Å². The van der Waals surface area contributed by atoms with E-state index in [0.29, 0.717) is 13.0 Å². The summed E-state index contributed by atoms with van der Waals surface area (Å²) in [4.78, 5) is 18.7. The van der Waals surface area contributed by atoms with Crippen LogP contribution in [0.15, 0.2) is 36.5 Å². The zero-order valence-electron chi connectivity index (χ0n) is 13.7. The lowest BCUT2D eigenvalue weighted by Crippen LogP contribution is -2.40. The second-order valence-electron chi connectivity index (χ2n) is 6.12. The molecule has 122 valence electrons. The van der Waals surface area contributed by atoms with Crippen molar-refractivity contribution >= 4 is 16.9 Å². The highest BCUT2D eigenvalue weighted by atomic mass is 16.5. The predicted octanol–water partition coefficient (Wildman–Crippen LogP) is 3.54. The molecule has 4 nitrogen and oxygen atoms in total. The zero-order valence-corrected chi connectivity index (χ0v) is 13.7. The second-order valence-corrected chi connectivity index (χ2v) is 6.12. The maximum Gasteiger partial charge on any atom is 0.307 e. The summed E-state index contributed by atoms with van der Waals surface area (Å²) in [6.07, 6.45) is 5.83. The van der Waals surface area contributed by atoms with Gasteiger partial charge in [0.2, 0.25) is 0 Å². The summed E-state index contributed by atoms with van der Waals surface area (Å²) in [6.45, 7) is 4.23. The van der Waals surface area contributed by atoms with Crippen molar-refractivity contribution in [3.05, 3.63) is 42.1 Å². The topological polar surface area (TPSA) is 42.4 Å². The van der Waals surface area contributed by atoms with E-state index < -0.39 is 0 Å². The minimum Gasteiger partial charge on any atom is -0.466 e. The van der Waals surface area contributed by atoms with Crippen LogP contribution >= 0.6 is 0 Å². The maximum atomic E-state index is 11.9. The predicted molar refractivity (Wildman–Crippen MR) is 91.0 cm³/mol. The number of benzene rings is 1. The van der Waals surface area contributed by atoms with Crippen molar-refractivity contribution in [3.63, 3.8) is 0 Å². The molecule has 1 aliphatic heterocycles. The van der Waals surface area contributed by atoms with Crippen molar-refractivity contribution in [1.82, 2.24) is 9.88 Å². The monoisotopic (exact) mass is 312 g/mol. The Morgan fingerprint density at radius 2 is 2.17 bits per heavy atom. The first kappa shape index (κ1) is 15.9. The van der Waals surface area contributed by atoms with Crippen LogP contribution in [-0.4, -0.2) is 35.0 Å². The van der Waals surface area contributed by atoms with Gasteiger partial charge in [-0.05, 0) is 44.0 Å². The van der Waals surface area contributed by atoms with E-state index in [4.69, 9.17) is 4.74 Å². The molecule has 1 aromatic heterocycles. The summed E-state index contributed by atoms with van der Waals surface area (Å²) in [6, 6.07) is 10.6. The molecule has 2 aromatic rings. The number of ether oxygens (including phenoxy) is 1. The molecule has 1 atom stereocenters. The average molecular weight is 312 g/mol. The van der Waals surface area contributed by atoms with E-state index in [0.717, 1.165) is 25.0 Å². The Morgan fingerprint density at radius 1 is 1.30 bits per heavy atom. The van der Waals surface area contributed by atoms with E-state index >= 15 is 0 Å². The second kappa shape index (κ2) is 7.55. The molecule has 2 heterocycles. The summed E-state index contributed by atoms with van der Waals surface area (Å²) >= 11 is 0. The molecule has 0 N–H and O–H groups in total. The Balaban J connectivity index is 1.77. The minimum atomic E-state index is -0.0796. The summed E-state index contributed by atoms with van der Waals surface area (Å²) < 4.78 is 5.14. The van der Waals surface area contributed by atoms with Gasteiger partial charge < -0.3 is 4.74 Å². The maximum absolute atomic E-state index is 11.9. The highest BCUT2D eigenvalue weighted by Gasteiger charge is 2.25. The van der Waals surface area contributed by atoms with Crippen LogP contribution in [0.25, 0.3) is 10.9 Å². The number of pyridine rings is 1. The van der Waals surface area contributed by atoms with Gasteiger partial charge in [0, 0.05) is 24.2 Å². The lowest BCUT2D eigenvalue weighted by molar-refractivity contribution is -0.145. The van der Waals surface area contributed by atoms with Crippen LogP contribution in [0.2, 0.25) is 0 Å². The van der Waals surface area contributed by atoms with Gasteiger partial charge in [-0.1, -0.05) is 24.6 Å². The molecule has 0 aliphatic carbocycles. The molecule has 0 amide bonds. The smallest absolute Gasteiger partial charge is 0.307 e. The third-order valence-corrected chi connectivity index (χ3v) is 4.57. The number of esters is 1. The van der Waals surface area contributed by atoms with E-state index in [1.54, 1.807) is 0 Å². The average Bonchev–Trinajstić information content (AvgIpc) is 2.57. The molecular formula is C19H24N2O2. The molecule has 0 bridgehead atoms. The van der Waals surface area contributed by atoms with Crippen LogP contribution in [-0.2, 0) is 16.1 Å². The highest BCUT2D eigenvalue weighted by molar-refractivity contribution is 5.81. The van der Waals surface area contributed by atoms with Gasteiger partial charge in [0.05, 0.1) is 18.5 Å². The summed E-state index contributed by atoms with van der Waals surface area (Å²) in [5, 5.41) is 1.20. The number of carbonyl (C=O) groups excluding carboxylic acids is 1. The number of fused-ring (bicyclic) bond motifs is 1. The Hall–Kier alpha value is -1.94.